The second-order valence-electron chi connectivity index (χ2n) is 3.43. The van der Waals surface area contributed by atoms with E-state index in [0.29, 0.717) is 0 Å². The van der Waals surface area contributed by atoms with E-state index in [9.17, 15) is 8.78 Å². The van der Waals surface area contributed by atoms with Gasteiger partial charge in [-0.2, -0.15) is 5.10 Å². The fourth-order valence-electron chi connectivity index (χ4n) is 1.69. The van der Waals surface area contributed by atoms with Crippen LogP contribution in [0.2, 0.25) is 0 Å². The van der Waals surface area contributed by atoms with Gasteiger partial charge in [-0.3, -0.25) is 4.68 Å². The summed E-state index contributed by atoms with van der Waals surface area (Å²) in [5.74, 6) is 0. The van der Waals surface area contributed by atoms with Crippen molar-refractivity contribution in [3.63, 3.8) is 0 Å². The zero-order valence-corrected chi connectivity index (χ0v) is 8.95. The van der Waals surface area contributed by atoms with Crippen LogP contribution < -0.4 is 0 Å². The summed E-state index contributed by atoms with van der Waals surface area (Å²) in [4.78, 5) is 0. The van der Waals surface area contributed by atoms with Crippen LogP contribution in [-0.4, -0.2) is 14.9 Å². The van der Waals surface area contributed by atoms with Crippen molar-refractivity contribution in [2.24, 2.45) is 0 Å². The number of hydrogen-bond donors (Lipinski definition) is 1. The predicted octanol–water partition coefficient (Wildman–Crippen LogP) is 2.67. The molecule has 0 aliphatic rings. The van der Waals surface area contributed by atoms with E-state index in [1.807, 2.05) is 13.8 Å². The van der Waals surface area contributed by atoms with E-state index in [2.05, 4.69) is 5.10 Å². The molecule has 1 aromatic rings. The first-order chi connectivity index (χ1) is 7.15. The summed E-state index contributed by atoms with van der Waals surface area (Å²) in [6, 6.07) is -0.0192. The minimum Gasteiger partial charge on any atom is -0.392 e. The maximum Gasteiger partial charge on any atom is 0.280 e. The van der Waals surface area contributed by atoms with Crippen molar-refractivity contribution < 1.29 is 13.9 Å². The van der Waals surface area contributed by atoms with Crippen molar-refractivity contribution in [2.45, 2.75) is 45.8 Å². The Hall–Kier alpha value is -0.970. The molecule has 1 N–H and O–H groups in total. The van der Waals surface area contributed by atoms with E-state index in [1.165, 1.54) is 10.9 Å². The normalized spacial score (nSPS) is 11.7. The topological polar surface area (TPSA) is 38.0 Å². The van der Waals surface area contributed by atoms with Gasteiger partial charge in [-0.05, 0) is 12.8 Å². The van der Waals surface area contributed by atoms with Gasteiger partial charge in [-0.25, -0.2) is 8.78 Å². The highest BCUT2D eigenvalue weighted by Crippen LogP contribution is 2.27. The van der Waals surface area contributed by atoms with Crippen LogP contribution in [0.15, 0.2) is 6.20 Å². The number of hydrogen-bond acceptors (Lipinski definition) is 2. The van der Waals surface area contributed by atoms with Gasteiger partial charge in [-0.1, -0.05) is 13.8 Å². The van der Waals surface area contributed by atoms with Crippen molar-refractivity contribution in [3.8, 4) is 0 Å². The zero-order chi connectivity index (χ0) is 11.4. The Morgan fingerprint density at radius 1 is 1.40 bits per heavy atom. The second kappa shape index (κ2) is 5.21. The summed E-state index contributed by atoms with van der Waals surface area (Å²) in [5.41, 5.74) is 0.0723. The molecule has 0 radical (unpaired) electrons. The van der Waals surface area contributed by atoms with Crippen LogP contribution in [-0.2, 0) is 6.61 Å². The standard InChI is InChI=1S/C10H16F2N2O/c1-3-8(4-2)14-9(10(11)12)7(6-15)5-13-14/h5,8,10,15H,3-4,6H2,1-2H3. The van der Waals surface area contributed by atoms with Gasteiger partial charge in [0.05, 0.1) is 18.8 Å². The van der Waals surface area contributed by atoms with Crippen LogP contribution in [0, 0.1) is 0 Å². The monoisotopic (exact) mass is 218 g/mol. The number of aromatic nitrogens is 2. The van der Waals surface area contributed by atoms with Gasteiger partial charge in [-0.15, -0.1) is 0 Å². The summed E-state index contributed by atoms with van der Waals surface area (Å²) in [5, 5.41) is 12.8. The van der Waals surface area contributed by atoms with Gasteiger partial charge < -0.3 is 5.11 Å². The molecule has 0 unspecified atom stereocenters. The quantitative estimate of drug-likeness (QED) is 0.825. The van der Waals surface area contributed by atoms with Crippen LogP contribution in [0.1, 0.15) is 50.4 Å². The second-order valence-corrected chi connectivity index (χ2v) is 3.43. The molecule has 1 rings (SSSR count). The molecule has 1 aromatic heterocycles. The van der Waals surface area contributed by atoms with E-state index < -0.39 is 6.43 Å². The SMILES string of the molecule is CCC(CC)n1ncc(CO)c1C(F)F. The van der Waals surface area contributed by atoms with E-state index in [1.54, 1.807) is 0 Å². The molecule has 3 nitrogen and oxygen atoms in total. The lowest BCUT2D eigenvalue weighted by atomic mass is 10.1. The molecule has 0 amide bonds. The average Bonchev–Trinajstić information content (AvgIpc) is 2.63. The van der Waals surface area contributed by atoms with Crippen molar-refractivity contribution in [1.29, 1.82) is 0 Å². The summed E-state index contributed by atoms with van der Waals surface area (Å²) in [7, 11) is 0. The van der Waals surface area contributed by atoms with Crippen molar-refractivity contribution in [1.82, 2.24) is 9.78 Å². The molecular formula is C10H16F2N2O. The fraction of sp³-hybridized carbons (Fsp3) is 0.700. The van der Waals surface area contributed by atoms with Gasteiger partial charge in [0.2, 0.25) is 0 Å². The summed E-state index contributed by atoms with van der Waals surface area (Å²) >= 11 is 0. The minimum atomic E-state index is -2.59. The molecule has 0 aromatic carbocycles. The predicted molar refractivity (Wildman–Crippen MR) is 52.7 cm³/mol. The Morgan fingerprint density at radius 2 is 2.00 bits per heavy atom. The lowest BCUT2D eigenvalue weighted by Crippen LogP contribution is -2.13. The first kappa shape index (κ1) is 12.1. The molecule has 86 valence electrons. The molecular weight excluding hydrogens is 202 g/mol. The molecule has 0 aliphatic carbocycles. The lowest BCUT2D eigenvalue weighted by molar-refractivity contribution is 0.131. The van der Waals surface area contributed by atoms with Crippen molar-refractivity contribution >= 4 is 0 Å². The molecule has 5 heteroatoms. The number of rotatable bonds is 5. The number of halogens is 2. The molecule has 0 saturated heterocycles. The molecule has 0 saturated carbocycles. The zero-order valence-electron chi connectivity index (χ0n) is 8.95. The summed E-state index contributed by atoms with van der Waals surface area (Å²) in [6.45, 7) is 3.48. The highest BCUT2D eigenvalue weighted by molar-refractivity contribution is 5.18. The highest BCUT2D eigenvalue weighted by Gasteiger charge is 2.22. The highest BCUT2D eigenvalue weighted by atomic mass is 19.3. The van der Waals surface area contributed by atoms with Gasteiger partial charge in [0, 0.05) is 5.56 Å². The van der Waals surface area contributed by atoms with Crippen LogP contribution in [0.4, 0.5) is 8.78 Å². The lowest BCUT2D eigenvalue weighted by Gasteiger charge is -2.16. The number of aliphatic hydroxyl groups excluding tert-OH is 1. The summed E-state index contributed by atoms with van der Waals surface area (Å²) in [6.07, 6.45) is 0.237. The molecule has 15 heavy (non-hydrogen) atoms. The van der Waals surface area contributed by atoms with Crippen LogP contribution in [0.5, 0.6) is 0 Å². The van der Waals surface area contributed by atoms with Gasteiger partial charge in [0.15, 0.2) is 0 Å². The maximum absolute atomic E-state index is 12.8. The first-order valence-electron chi connectivity index (χ1n) is 5.10. The molecule has 0 bridgehead atoms. The Bertz CT molecular complexity index is 308. The Morgan fingerprint density at radius 3 is 2.40 bits per heavy atom. The van der Waals surface area contributed by atoms with Crippen LogP contribution in [0.3, 0.4) is 0 Å². The molecule has 0 fully saturated rings. The summed E-state index contributed by atoms with van der Waals surface area (Å²) < 4.78 is 26.9. The van der Waals surface area contributed by atoms with Crippen molar-refractivity contribution in [3.05, 3.63) is 17.5 Å². The number of alkyl halides is 2. The Balaban J connectivity index is 3.11. The molecule has 0 atom stereocenters. The van der Waals surface area contributed by atoms with Crippen LogP contribution >= 0.6 is 0 Å². The first-order valence-corrected chi connectivity index (χ1v) is 5.10. The smallest absolute Gasteiger partial charge is 0.280 e. The molecule has 0 aliphatic heterocycles. The van der Waals surface area contributed by atoms with E-state index in [0.717, 1.165) is 12.8 Å². The van der Waals surface area contributed by atoms with E-state index in [4.69, 9.17) is 5.11 Å². The largest absolute Gasteiger partial charge is 0.392 e. The number of aliphatic hydroxyl groups is 1. The molecule has 0 spiro atoms. The minimum absolute atomic E-state index is 0.0192. The third kappa shape index (κ3) is 2.34. The average molecular weight is 218 g/mol. The third-order valence-corrected chi connectivity index (χ3v) is 2.58. The van der Waals surface area contributed by atoms with E-state index in [-0.39, 0.29) is 23.9 Å². The van der Waals surface area contributed by atoms with Gasteiger partial charge in [0.25, 0.3) is 6.43 Å². The van der Waals surface area contributed by atoms with E-state index >= 15 is 0 Å². The molecule has 1 heterocycles. The maximum atomic E-state index is 12.8. The Labute approximate surface area is 87.7 Å². The van der Waals surface area contributed by atoms with Crippen LogP contribution in [0.25, 0.3) is 0 Å². The third-order valence-electron chi connectivity index (χ3n) is 2.58. The van der Waals surface area contributed by atoms with Crippen molar-refractivity contribution in [2.75, 3.05) is 0 Å². The Kier molecular flexibility index (Phi) is 4.20. The van der Waals surface area contributed by atoms with Gasteiger partial charge >= 0.3 is 0 Å². The fourth-order valence-corrected chi connectivity index (χ4v) is 1.69. The van der Waals surface area contributed by atoms with Gasteiger partial charge in [0.1, 0.15) is 5.69 Å². The number of nitrogens with zero attached hydrogens (tertiary/aromatic N) is 2.